The maximum Gasteiger partial charge on any atom is 0.129 e. The molecule has 0 saturated carbocycles. The largest absolute Gasteiger partial charge is 0.380 e. The lowest BCUT2D eigenvalue weighted by Crippen LogP contribution is -2.28. The molecule has 1 aromatic heterocycles. The number of ether oxygens (including phenoxy) is 1. The number of rotatable bonds is 6. The van der Waals surface area contributed by atoms with Gasteiger partial charge < -0.3 is 10.1 Å². The Labute approximate surface area is 115 Å². The third kappa shape index (κ3) is 3.64. The van der Waals surface area contributed by atoms with E-state index in [9.17, 15) is 0 Å². The second kappa shape index (κ2) is 6.82. The van der Waals surface area contributed by atoms with Gasteiger partial charge in [0.05, 0.1) is 18.3 Å². The molecule has 0 aliphatic carbocycles. The first-order chi connectivity index (χ1) is 9.24. The lowest BCUT2D eigenvalue weighted by molar-refractivity contribution is 0.108. The molecule has 1 atom stereocenters. The second-order valence-electron chi connectivity index (χ2n) is 4.87. The van der Waals surface area contributed by atoms with Gasteiger partial charge in [0.25, 0.3) is 0 Å². The zero-order valence-corrected chi connectivity index (χ0v) is 12.1. The molecular formula is C14H24N4O. The van der Waals surface area contributed by atoms with Crippen LogP contribution in [0, 0.1) is 6.92 Å². The molecule has 0 bridgehead atoms. The SMILES string of the molecule is CCOCCN1CCC[C@@H]1c1cc(NC)nc(C)n1. The van der Waals surface area contributed by atoms with Crippen LogP contribution < -0.4 is 5.32 Å². The van der Waals surface area contributed by atoms with Gasteiger partial charge in [-0.1, -0.05) is 0 Å². The van der Waals surface area contributed by atoms with Crippen molar-refractivity contribution in [2.45, 2.75) is 32.7 Å². The Hall–Kier alpha value is -1.20. The van der Waals surface area contributed by atoms with E-state index >= 15 is 0 Å². The van der Waals surface area contributed by atoms with Gasteiger partial charge in [-0.25, -0.2) is 9.97 Å². The van der Waals surface area contributed by atoms with E-state index < -0.39 is 0 Å². The number of aromatic nitrogens is 2. The van der Waals surface area contributed by atoms with Crippen LogP contribution in [0.5, 0.6) is 0 Å². The van der Waals surface area contributed by atoms with Crippen molar-refractivity contribution < 1.29 is 4.74 Å². The minimum atomic E-state index is 0.411. The molecule has 0 radical (unpaired) electrons. The summed E-state index contributed by atoms with van der Waals surface area (Å²) in [5.41, 5.74) is 1.13. The van der Waals surface area contributed by atoms with Crippen molar-refractivity contribution in [1.29, 1.82) is 0 Å². The Morgan fingerprint density at radius 3 is 3.05 bits per heavy atom. The topological polar surface area (TPSA) is 50.3 Å². The molecule has 1 aliphatic rings. The average Bonchev–Trinajstić information content (AvgIpc) is 2.86. The fourth-order valence-corrected chi connectivity index (χ4v) is 2.64. The van der Waals surface area contributed by atoms with E-state index in [0.717, 1.165) is 43.6 Å². The Kier molecular flexibility index (Phi) is 5.10. The molecule has 19 heavy (non-hydrogen) atoms. The summed E-state index contributed by atoms with van der Waals surface area (Å²) in [6.07, 6.45) is 2.40. The van der Waals surface area contributed by atoms with E-state index in [1.165, 1.54) is 12.8 Å². The summed E-state index contributed by atoms with van der Waals surface area (Å²) >= 11 is 0. The standard InChI is InChI=1S/C14H24N4O/c1-4-19-9-8-18-7-5-6-13(18)12-10-14(15-3)17-11(2)16-12/h10,13H,4-9H2,1-3H3,(H,15,16,17)/t13-/m1/s1. The van der Waals surface area contributed by atoms with Gasteiger partial charge in [-0.3, -0.25) is 4.90 Å². The van der Waals surface area contributed by atoms with Crippen molar-refractivity contribution in [3.8, 4) is 0 Å². The Balaban J connectivity index is 2.08. The fourth-order valence-electron chi connectivity index (χ4n) is 2.64. The van der Waals surface area contributed by atoms with E-state index in [1.807, 2.05) is 20.9 Å². The third-order valence-corrected chi connectivity index (χ3v) is 3.55. The lowest BCUT2D eigenvalue weighted by atomic mass is 10.1. The predicted molar refractivity (Wildman–Crippen MR) is 76.4 cm³/mol. The van der Waals surface area contributed by atoms with Crippen LogP contribution in [-0.2, 0) is 4.74 Å². The normalized spacial score (nSPS) is 19.8. The summed E-state index contributed by atoms with van der Waals surface area (Å²) in [5.74, 6) is 1.73. The van der Waals surface area contributed by atoms with Gasteiger partial charge in [0.2, 0.25) is 0 Å². The van der Waals surface area contributed by atoms with Gasteiger partial charge in [-0.15, -0.1) is 0 Å². The van der Waals surface area contributed by atoms with E-state index in [1.54, 1.807) is 0 Å². The molecule has 0 spiro atoms. The molecule has 1 N–H and O–H groups in total. The summed E-state index contributed by atoms with van der Waals surface area (Å²) in [6, 6.07) is 2.48. The summed E-state index contributed by atoms with van der Waals surface area (Å²) in [7, 11) is 1.90. The molecule has 0 amide bonds. The first kappa shape index (κ1) is 14.2. The van der Waals surface area contributed by atoms with E-state index in [0.29, 0.717) is 6.04 Å². The van der Waals surface area contributed by atoms with Gasteiger partial charge in [0.15, 0.2) is 0 Å². The van der Waals surface area contributed by atoms with Crippen LogP contribution >= 0.6 is 0 Å². The van der Waals surface area contributed by atoms with Crippen molar-refractivity contribution in [3.63, 3.8) is 0 Å². The predicted octanol–water partition coefficient (Wildman–Crippen LogP) is 2.00. The lowest BCUT2D eigenvalue weighted by Gasteiger charge is -2.24. The van der Waals surface area contributed by atoms with Gasteiger partial charge in [-0.05, 0) is 33.2 Å². The van der Waals surface area contributed by atoms with Crippen molar-refractivity contribution in [3.05, 3.63) is 17.6 Å². The highest BCUT2D eigenvalue weighted by Crippen LogP contribution is 2.31. The minimum Gasteiger partial charge on any atom is -0.380 e. The molecule has 0 unspecified atom stereocenters. The number of hydrogen-bond donors (Lipinski definition) is 1. The number of likely N-dealkylation sites (tertiary alicyclic amines) is 1. The quantitative estimate of drug-likeness (QED) is 0.796. The van der Waals surface area contributed by atoms with E-state index in [4.69, 9.17) is 4.74 Å². The average molecular weight is 264 g/mol. The maximum atomic E-state index is 5.46. The Bertz CT molecular complexity index is 410. The number of nitrogens with one attached hydrogen (secondary N) is 1. The van der Waals surface area contributed by atoms with Crippen LogP contribution in [0.1, 0.15) is 37.3 Å². The van der Waals surface area contributed by atoms with Crippen LogP contribution in [0.2, 0.25) is 0 Å². The van der Waals surface area contributed by atoms with Crippen molar-refractivity contribution in [2.75, 3.05) is 38.7 Å². The molecule has 1 fully saturated rings. The molecule has 1 saturated heterocycles. The highest BCUT2D eigenvalue weighted by atomic mass is 16.5. The molecule has 2 heterocycles. The number of hydrogen-bond acceptors (Lipinski definition) is 5. The molecule has 0 aromatic carbocycles. The summed E-state index contributed by atoms with van der Waals surface area (Å²) in [5, 5.41) is 3.10. The van der Waals surface area contributed by atoms with Crippen LogP contribution in [0.3, 0.4) is 0 Å². The first-order valence-electron chi connectivity index (χ1n) is 7.09. The molecule has 5 heteroatoms. The fraction of sp³-hybridized carbons (Fsp3) is 0.714. The molecule has 2 rings (SSSR count). The van der Waals surface area contributed by atoms with Crippen molar-refractivity contribution in [2.24, 2.45) is 0 Å². The third-order valence-electron chi connectivity index (χ3n) is 3.55. The van der Waals surface area contributed by atoms with Crippen LogP contribution in [0.4, 0.5) is 5.82 Å². The Morgan fingerprint density at radius 1 is 1.47 bits per heavy atom. The summed E-state index contributed by atoms with van der Waals surface area (Å²) in [6.45, 7) is 7.69. The summed E-state index contributed by atoms with van der Waals surface area (Å²) in [4.78, 5) is 11.4. The second-order valence-corrected chi connectivity index (χ2v) is 4.87. The maximum absolute atomic E-state index is 5.46. The highest BCUT2D eigenvalue weighted by molar-refractivity contribution is 5.36. The number of anilines is 1. The first-order valence-corrected chi connectivity index (χ1v) is 7.09. The van der Waals surface area contributed by atoms with Gasteiger partial charge in [0, 0.05) is 26.3 Å². The highest BCUT2D eigenvalue weighted by Gasteiger charge is 2.27. The van der Waals surface area contributed by atoms with Crippen LogP contribution in [0.15, 0.2) is 6.07 Å². The Morgan fingerprint density at radius 2 is 2.32 bits per heavy atom. The number of aryl methyl sites for hydroxylation is 1. The molecule has 1 aromatic rings. The van der Waals surface area contributed by atoms with Gasteiger partial charge >= 0.3 is 0 Å². The number of nitrogens with zero attached hydrogens (tertiary/aromatic N) is 3. The van der Waals surface area contributed by atoms with Gasteiger partial charge in [-0.2, -0.15) is 0 Å². The summed E-state index contributed by atoms with van der Waals surface area (Å²) < 4.78 is 5.46. The molecule has 1 aliphatic heterocycles. The zero-order chi connectivity index (χ0) is 13.7. The molecule has 5 nitrogen and oxygen atoms in total. The smallest absolute Gasteiger partial charge is 0.129 e. The zero-order valence-electron chi connectivity index (χ0n) is 12.1. The van der Waals surface area contributed by atoms with Crippen LogP contribution in [0.25, 0.3) is 0 Å². The van der Waals surface area contributed by atoms with Crippen LogP contribution in [-0.4, -0.2) is 48.2 Å². The van der Waals surface area contributed by atoms with E-state index in [-0.39, 0.29) is 0 Å². The molecular weight excluding hydrogens is 240 g/mol. The minimum absolute atomic E-state index is 0.411. The van der Waals surface area contributed by atoms with Crippen molar-refractivity contribution in [1.82, 2.24) is 14.9 Å². The molecule has 106 valence electrons. The van der Waals surface area contributed by atoms with E-state index in [2.05, 4.69) is 26.3 Å². The monoisotopic (exact) mass is 264 g/mol. The van der Waals surface area contributed by atoms with Gasteiger partial charge in [0.1, 0.15) is 11.6 Å². The van der Waals surface area contributed by atoms with Crippen molar-refractivity contribution >= 4 is 5.82 Å².